The molecule has 2 heterocycles. The molecule has 2 aliphatic rings. The third-order valence-corrected chi connectivity index (χ3v) is 4.39. The highest BCUT2D eigenvalue weighted by Crippen LogP contribution is 2.26. The Bertz CT molecular complexity index is 552. The average molecular weight is 304 g/mol. The van der Waals surface area contributed by atoms with Crippen LogP contribution in [-0.4, -0.2) is 48.3 Å². The molecule has 22 heavy (non-hydrogen) atoms. The first kappa shape index (κ1) is 14.8. The minimum atomic E-state index is -0.835. The summed E-state index contributed by atoms with van der Waals surface area (Å²) >= 11 is 0. The molecule has 2 N–H and O–H groups in total. The van der Waals surface area contributed by atoms with E-state index in [4.69, 9.17) is 9.84 Å². The normalized spacial score (nSPS) is 24.5. The van der Waals surface area contributed by atoms with Gasteiger partial charge in [0.15, 0.2) is 0 Å². The number of amides is 2. The van der Waals surface area contributed by atoms with E-state index in [2.05, 4.69) is 5.32 Å². The van der Waals surface area contributed by atoms with Gasteiger partial charge in [0, 0.05) is 31.3 Å². The van der Waals surface area contributed by atoms with Gasteiger partial charge in [-0.15, -0.1) is 0 Å². The van der Waals surface area contributed by atoms with Crippen molar-refractivity contribution in [1.29, 1.82) is 0 Å². The molecule has 0 spiro atoms. The second-order valence-corrected chi connectivity index (χ2v) is 5.88. The summed E-state index contributed by atoms with van der Waals surface area (Å²) in [5.41, 5.74) is 1.95. The van der Waals surface area contributed by atoms with Crippen molar-refractivity contribution in [2.45, 2.75) is 18.8 Å². The standard InChI is InChI=1S/C16H20N2O4/c19-15(20)12-5-7-18(9-12)16(21)17-14-3-1-11(2-4-14)13-6-8-22-10-13/h1-4,12-13H,5-10H2,(H,17,21)(H,19,20). The predicted molar refractivity (Wildman–Crippen MR) is 81.0 cm³/mol. The second-order valence-electron chi connectivity index (χ2n) is 5.88. The lowest BCUT2D eigenvalue weighted by atomic mass is 9.98. The lowest BCUT2D eigenvalue weighted by molar-refractivity contribution is -0.141. The van der Waals surface area contributed by atoms with E-state index >= 15 is 0 Å². The number of ether oxygens (including phenoxy) is 1. The first-order valence-corrected chi connectivity index (χ1v) is 7.60. The molecule has 2 fully saturated rings. The number of anilines is 1. The third kappa shape index (κ3) is 3.22. The summed E-state index contributed by atoms with van der Waals surface area (Å²) < 4.78 is 5.38. The van der Waals surface area contributed by atoms with Crippen molar-refractivity contribution < 1.29 is 19.4 Å². The monoisotopic (exact) mass is 304 g/mol. The van der Waals surface area contributed by atoms with Gasteiger partial charge in [-0.05, 0) is 30.5 Å². The second kappa shape index (κ2) is 6.36. The molecule has 3 rings (SSSR count). The zero-order valence-corrected chi connectivity index (χ0v) is 12.3. The highest BCUT2D eigenvalue weighted by atomic mass is 16.5. The molecular weight excluding hydrogens is 284 g/mol. The number of likely N-dealkylation sites (tertiary alicyclic amines) is 1. The van der Waals surface area contributed by atoms with Crippen molar-refractivity contribution in [2.75, 3.05) is 31.6 Å². The van der Waals surface area contributed by atoms with Crippen LogP contribution in [0, 0.1) is 5.92 Å². The average Bonchev–Trinajstić information content (AvgIpc) is 3.20. The molecule has 6 heteroatoms. The number of carbonyl (C=O) groups excluding carboxylic acids is 1. The molecule has 2 unspecified atom stereocenters. The molecule has 118 valence electrons. The minimum Gasteiger partial charge on any atom is -0.481 e. The highest BCUT2D eigenvalue weighted by Gasteiger charge is 2.30. The van der Waals surface area contributed by atoms with E-state index in [0.717, 1.165) is 25.3 Å². The maximum Gasteiger partial charge on any atom is 0.321 e. The number of hydrogen-bond donors (Lipinski definition) is 2. The first-order valence-electron chi connectivity index (χ1n) is 7.60. The van der Waals surface area contributed by atoms with Gasteiger partial charge in [0.2, 0.25) is 0 Å². The summed E-state index contributed by atoms with van der Waals surface area (Å²) in [5.74, 6) is -0.839. The number of carboxylic acid groups (broad SMARTS) is 1. The van der Waals surface area contributed by atoms with E-state index in [1.807, 2.05) is 24.3 Å². The molecule has 0 bridgehead atoms. The lowest BCUT2D eigenvalue weighted by Crippen LogP contribution is -2.33. The van der Waals surface area contributed by atoms with Gasteiger partial charge < -0.3 is 20.1 Å². The van der Waals surface area contributed by atoms with Crippen LogP contribution in [0.4, 0.5) is 10.5 Å². The molecule has 1 aromatic rings. The van der Waals surface area contributed by atoms with Crippen LogP contribution in [0.5, 0.6) is 0 Å². The molecular formula is C16H20N2O4. The van der Waals surface area contributed by atoms with Crippen LogP contribution in [0.3, 0.4) is 0 Å². The molecule has 2 saturated heterocycles. The summed E-state index contributed by atoms with van der Waals surface area (Å²) in [5, 5.41) is 11.8. The Morgan fingerprint density at radius 3 is 2.59 bits per heavy atom. The number of aliphatic carboxylic acids is 1. The Labute approximate surface area is 129 Å². The van der Waals surface area contributed by atoms with Crippen LogP contribution in [0.15, 0.2) is 24.3 Å². The van der Waals surface area contributed by atoms with Crippen molar-refractivity contribution in [1.82, 2.24) is 4.90 Å². The maximum absolute atomic E-state index is 12.1. The van der Waals surface area contributed by atoms with E-state index in [9.17, 15) is 9.59 Å². The fourth-order valence-corrected chi connectivity index (χ4v) is 2.98. The summed E-state index contributed by atoms with van der Waals surface area (Å²) in [4.78, 5) is 24.6. The number of rotatable bonds is 3. The van der Waals surface area contributed by atoms with Crippen molar-refractivity contribution in [3.63, 3.8) is 0 Å². The Kier molecular flexibility index (Phi) is 4.29. The topological polar surface area (TPSA) is 78.9 Å². The van der Waals surface area contributed by atoms with E-state index in [-0.39, 0.29) is 12.6 Å². The molecule has 0 saturated carbocycles. The number of hydrogen-bond acceptors (Lipinski definition) is 3. The van der Waals surface area contributed by atoms with E-state index in [1.54, 1.807) is 4.90 Å². The Morgan fingerprint density at radius 1 is 1.23 bits per heavy atom. The smallest absolute Gasteiger partial charge is 0.321 e. The SMILES string of the molecule is O=C(O)C1CCN(C(=O)Nc2ccc(C3CCOC3)cc2)C1. The summed E-state index contributed by atoms with van der Waals surface area (Å²) in [7, 11) is 0. The molecule has 0 aromatic heterocycles. The van der Waals surface area contributed by atoms with Crippen molar-refractivity contribution in [3.8, 4) is 0 Å². The van der Waals surface area contributed by atoms with Gasteiger partial charge in [0.25, 0.3) is 0 Å². The quantitative estimate of drug-likeness (QED) is 0.896. The van der Waals surface area contributed by atoms with E-state index in [0.29, 0.717) is 18.9 Å². The summed E-state index contributed by atoms with van der Waals surface area (Å²) in [6.45, 7) is 2.33. The Morgan fingerprint density at radius 2 is 2.00 bits per heavy atom. The van der Waals surface area contributed by atoms with Crippen LogP contribution in [0.25, 0.3) is 0 Å². The Balaban J connectivity index is 1.56. The van der Waals surface area contributed by atoms with Gasteiger partial charge in [-0.1, -0.05) is 12.1 Å². The molecule has 0 radical (unpaired) electrons. The molecule has 2 amide bonds. The van der Waals surface area contributed by atoms with Gasteiger partial charge >= 0.3 is 12.0 Å². The minimum absolute atomic E-state index is 0.235. The number of nitrogens with zero attached hydrogens (tertiary/aromatic N) is 1. The summed E-state index contributed by atoms with van der Waals surface area (Å²) in [6.07, 6.45) is 1.55. The zero-order valence-electron chi connectivity index (χ0n) is 12.3. The van der Waals surface area contributed by atoms with Crippen molar-refractivity contribution >= 4 is 17.7 Å². The van der Waals surface area contributed by atoms with Gasteiger partial charge in [-0.3, -0.25) is 4.79 Å². The molecule has 1 aromatic carbocycles. The van der Waals surface area contributed by atoms with Gasteiger partial charge in [-0.25, -0.2) is 4.79 Å². The number of carbonyl (C=O) groups is 2. The largest absolute Gasteiger partial charge is 0.481 e. The van der Waals surface area contributed by atoms with E-state index < -0.39 is 11.9 Å². The Hall–Kier alpha value is -2.08. The molecule has 6 nitrogen and oxygen atoms in total. The van der Waals surface area contributed by atoms with Crippen LogP contribution < -0.4 is 5.32 Å². The number of benzene rings is 1. The number of carboxylic acids is 1. The van der Waals surface area contributed by atoms with Crippen LogP contribution in [-0.2, 0) is 9.53 Å². The van der Waals surface area contributed by atoms with Crippen molar-refractivity contribution in [3.05, 3.63) is 29.8 Å². The fourth-order valence-electron chi connectivity index (χ4n) is 2.98. The molecule has 0 aliphatic carbocycles. The third-order valence-electron chi connectivity index (χ3n) is 4.39. The van der Waals surface area contributed by atoms with E-state index in [1.165, 1.54) is 5.56 Å². The zero-order chi connectivity index (χ0) is 15.5. The van der Waals surface area contributed by atoms with Gasteiger partial charge in [0.05, 0.1) is 12.5 Å². The first-order chi connectivity index (χ1) is 10.6. The fraction of sp³-hybridized carbons (Fsp3) is 0.500. The highest BCUT2D eigenvalue weighted by molar-refractivity contribution is 5.90. The maximum atomic E-state index is 12.1. The molecule has 2 aliphatic heterocycles. The predicted octanol–water partition coefficient (Wildman–Crippen LogP) is 2.13. The van der Waals surface area contributed by atoms with Gasteiger partial charge in [0.1, 0.15) is 0 Å². The lowest BCUT2D eigenvalue weighted by Gasteiger charge is -2.17. The van der Waals surface area contributed by atoms with Crippen LogP contribution in [0.1, 0.15) is 24.3 Å². The van der Waals surface area contributed by atoms with Crippen LogP contribution >= 0.6 is 0 Å². The van der Waals surface area contributed by atoms with Crippen molar-refractivity contribution in [2.24, 2.45) is 5.92 Å². The number of urea groups is 1. The summed E-state index contributed by atoms with van der Waals surface area (Å²) in [6, 6.07) is 7.56. The molecule has 2 atom stereocenters. The van der Waals surface area contributed by atoms with Gasteiger partial charge in [-0.2, -0.15) is 0 Å². The number of nitrogens with one attached hydrogen (secondary N) is 1. The van der Waals surface area contributed by atoms with Crippen LogP contribution in [0.2, 0.25) is 0 Å².